The first-order valence-corrected chi connectivity index (χ1v) is 6.11. The van der Waals surface area contributed by atoms with Crippen molar-refractivity contribution in [1.29, 1.82) is 0 Å². The lowest BCUT2D eigenvalue weighted by Gasteiger charge is -2.03. The van der Waals surface area contributed by atoms with Gasteiger partial charge in [-0.15, -0.1) is 0 Å². The summed E-state index contributed by atoms with van der Waals surface area (Å²) in [4.78, 5) is 9.09. The largest absolute Gasteiger partial charge is 0.310 e. The molecule has 78 valence electrons. The highest BCUT2D eigenvalue weighted by atomic mass is 79.9. The van der Waals surface area contributed by atoms with Gasteiger partial charge in [0.25, 0.3) is 0 Å². The fraction of sp³-hybridized carbons (Fsp3) is 0.455. The van der Waals surface area contributed by atoms with Crippen LogP contribution in [0.15, 0.2) is 16.7 Å². The molecule has 0 aromatic carbocycles. The fourth-order valence-electron chi connectivity index (χ4n) is 1.97. The molecule has 0 radical (unpaired) electrons. The van der Waals surface area contributed by atoms with Gasteiger partial charge in [0, 0.05) is 23.1 Å². The van der Waals surface area contributed by atoms with E-state index >= 15 is 0 Å². The minimum Gasteiger partial charge on any atom is -0.310 e. The summed E-state index contributed by atoms with van der Waals surface area (Å²) in [5, 5.41) is 0. The molecule has 3 nitrogen and oxygen atoms in total. The number of aromatic nitrogens is 3. The Morgan fingerprint density at radius 2 is 2.33 bits per heavy atom. The third-order valence-corrected chi connectivity index (χ3v) is 3.23. The highest BCUT2D eigenvalue weighted by Crippen LogP contribution is 2.38. The molecule has 1 aliphatic rings. The van der Waals surface area contributed by atoms with Crippen molar-refractivity contribution in [2.45, 2.75) is 32.2 Å². The molecule has 0 amide bonds. The van der Waals surface area contributed by atoms with Crippen molar-refractivity contribution in [3.05, 3.63) is 22.6 Å². The Balaban J connectivity index is 2.28. The number of hydrogen-bond acceptors (Lipinski definition) is 2. The Morgan fingerprint density at radius 1 is 1.53 bits per heavy atom. The Hall–Kier alpha value is -0.900. The Bertz CT molecular complexity index is 514. The number of pyridine rings is 1. The lowest BCUT2D eigenvalue weighted by molar-refractivity contribution is 0.702. The van der Waals surface area contributed by atoms with Crippen LogP contribution in [0.4, 0.5) is 0 Å². The molecule has 0 N–H and O–H groups in total. The van der Waals surface area contributed by atoms with E-state index in [1.807, 2.05) is 12.3 Å². The van der Waals surface area contributed by atoms with E-state index in [1.165, 1.54) is 12.8 Å². The van der Waals surface area contributed by atoms with Crippen molar-refractivity contribution >= 4 is 27.1 Å². The highest BCUT2D eigenvalue weighted by molar-refractivity contribution is 9.10. The van der Waals surface area contributed by atoms with Crippen molar-refractivity contribution in [2.24, 2.45) is 0 Å². The topological polar surface area (TPSA) is 30.7 Å². The summed E-state index contributed by atoms with van der Waals surface area (Å²) in [5.74, 6) is 1.16. The van der Waals surface area contributed by atoms with Gasteiger partial charge in [-0.1, -0.05) is 6.92 Å². The zero-order valence-corrected chi connectivity index (χ0v) is 10.2. The quantitative estimate of drug-likeness (QED) is 0.836. The molecule has 1 fully saturated rings. The number of fused-ring (bicyclic) bond motifs is 1. The molecular formula is C11H12BrN3. The Kier molecular flexibility index (Phi) is 2.06. The molecule has 4 heteroatoms. The van der Waals surface area contributed by atoms with Crippen LogP contribution in [0.1, 0.15) is 31.6 Å². The smallest absolute Gasteiger partial charge is 0.160 e. The van der Waals surface area contributed by atoms with Gasteiger partial charge in [0.05, 0.1) is 0 Å². The van der Waals surface area contributed by atoms with Crippen LogP contribution in [-0.4, -0.2) is 14.5 Å². The van der Waals surface area contributed by atoms with Gasteiger partial charge >= 0.3 is 0 Å². The maximum Gasteiger partial charge on any atom is 0.160 e. The normalized spacial score (nSPS) is 16.1. The molecule has 1 aliphatic carbocycles. The van der Waals surface area contributed by atoms with Gasteiger partial charge in [-0.25, -0.2) is 9.97 Å². The molecule has 15 heavy (non-hydrogen) atoms. The molecule has 0 atom stereocenters. The molecule has 2 aromatic rings. The van der Waals surface area contributed by atoms with E-state index in [2.05, 4.69) is 37.4 Å². The Morgan fingerprint density at radius 3 is 3.00 bits per heavy atom. The maximum absolute atomic E-state index is 4.62. The molecule has 0 aliphatic heterocycles. The first-order valence-electron chi connectivity index (χ1n) is 5.32. The van der Waals surface area contributed by atoms with Gasteiger partial charge in [-0.2, -0.15) is 0 Å². The predicted octanol–water partition coefficient (Wildman–Crippen LogP) is 3.09. The number of rotatable bonds is 2. The van der Waals surface area contributed by atoms with Gasteiger partial charge in [-0.05, 0) is 34.8 Å². The average Bonchev–Trinajstić information content (AvgIpc) is 2.99. The summed E-state index contributed by atoms with van der Waals surface area (Å²) in [6.45, 7) is 2.15. The fourth-order valence-corrected chi connectivity index (χ4v) is 2.29. The number of aryl methyl sites for hydroxylation is 1. The van der Waals surface area contributed by atoms with Crippen molar-refractivity contribution in [1.82, 2.24) is 14.5 Å². The molecular weight excluding hydrogens is 254 g/mol. The van der Waals surface area contributed by atoms with E-state index in [4.69, 9.17) is 0 Å². The van der Waals surface area contributed by atoms with E-state index in [1.54, 1.807) is 0 Å². The average molecular weight is 266 g/mol. The van der Waals surface area contributed by atoms with Gasteiger partial charge in [0.1, 0.15) is 11.3 Å². The molecule has 0 saturated heterocycles. The van der Waals surface area contributed by atoms with Crippen molar-refractivity contribution in [3.63, 3.8) is 0 Å². The molecule has 0 unspecified atom stereocenters. The molecule has 0 spiro atoms. The third kappa shape index (κ3) is 1.47. The van der Waals surface area contributed by atoms with Crippen molar-refractivity contribution in [2.75, 3.05) is 0 Å². The van der Waals surface area contributed by atoms with Crippen LogP contribution in [0.5, 0.6) is 0 Å². The lowest BCUT2D eigenvalue weighted by atomic mass is 10.4. The van der Waals surface area contributed by atoms with E-state index < -0.39 is 0 Å². The van der Waals surface area contributed by atoms with E-state index in [9.17, 15) is 0 Å². The SMILES string of the molecule is CCc1nc2cc(Br)cnc2n1C1CC1. The minimum absolute atomic E-state index is 0.652. The van der Waals surface area contributed by atoms with Crippen molar-refractivity contribution < 1.29 is 0 Å². The maximum atomic E-state index is 4.62. The van der Waals surface area contributed by atoms with Crippen LogP contribution in [0, 0.1) is 0 Å². The molecule has 3 rings (SSSR count). The number of imidazole rings is 1. The first kappa shape index (κ1) is 9.33. The van der Waals surface area contributed by atoms with Gasteiger partial charge in [-0.3, -0.25) is 0 Å². The lowest BCUT2D eigenvalue weighted by Crippen LogP contribution is -2.00. The highest BCUT2D eigenvalue weighted by Gasteiger charge is 2.28. The second-order valence-corrected chi connectivity index (χ2v) is 4.89. The Labute approximate surface area is 96.7 Å². The van der Waals surface area contributed by atoms with Gasteiger partial charge in [0.15, 0.2) is 5.65 Å². The monoisotopic (exact) mass is 265 g/mol. The second kappa shape index (κ2) is 3.30. The van der Waals surface area contributed by atoms with E-state index in [0.717, 1.165) is 27.9 Å². The predicted molar refractivity (Wildman–Crippen MR) is 62.9 cm³/mol. The second-order valence-electron chi connectivity index (χ2n) is 3.98. The number of halogens is 1. The van der Waals surface area contributed by atoms with Crippen LogP contribution < -0.4 is 0 Å². The van der Waals surface area contributed by atoms with Crippen LogP contribution in [-0.2, 0) is 6.42 Å². The molecule has 1 saturated carbocycles. The van der Waals surface area contributed by atoms with Crippen LogP contribution in [0.25, 0.3) is 11.2 Å². The van der Waals surface area contributed by atoms with Gasteiger partial charge in [0.2, 0.25) is 0 Å². The van der Waals surface area contributed by atoms with Crippen LogP contribution >= 0.6 is 15.9 Å². The summed E-state index contributed by atoms with van der Waals surface area (Å²) in [5.41, 5.74) is 2.05. The van der Waals surface area contributed by atoms with Gasteiger partial charge < -0.3 is 4.57 Å². The number of hydrogen-bond donors (Lipinski definition) is 0. The standard InChI is InChI=1S/C11H12BrN3/c1-2-10-14-9-5-7(12)6-13-11(9)15(10)8-3-4-8/h5-6,8H,2-4H2,1H3. The van der Waals surface area contributed by atoms with E-state index in [-0.39, 0.29) is 0 Å². The van der Waals surface area contributed by atoms with Crippen LogP contribution in [0.3, 0.4) is 0 Å². The zero-order valence-electron chi connectivity index (χ0n) is 8.57. The minimum atomic E-state index is 0.652. The summed E-state index contributed by atoms with van der Waals surface area (Å²) >= 11 is 3.43. The molecule has 0 bridgehead atoms. The van der Waals surface area contributed by atoms with E-state index in [0.29, 0.717) is 6.04 Å². The summed E-state index contributed by atoms with van der Waals surface area (Å²) in [7, 11) is 0. The molecule has 2 heterocycles. The summed E-state index contributed by atoms with van der Waals surface area (Å²) in [6, 6.07) is 2.69. The first-order chi connectivity index (χ1) is 7.29. The zero-order chi connectivity index (χ0) is 10.4. The number of nitrogens with zero attached hydrogens (tertiary/aromatic N) is 3. The summed E-state index contributed by atoms with van der Waals surface area (Å²) < 4.78 is 3.31. The third-order valence-electron chi connectivity index (χ3n) is 2.80. The summed E-state index contributed by atoms with van der Waals surface area (Å²) in [6.07, 6.45) is 5.37. The van der Waals surface area contributed by atoms with Crippen molar-refractivity contribution in [3.8, 4) is 0 Å². The van der Waals surface area contributed by atoms with Crippen LogP contribution in [0.2, 0.25) is 0 Å². The molecule has 2 aromatic heterocycles.